The maximum atomic E-state index is 12.5. The van der Waals surface area contributed by atoms with E-state index in [1.807, 2.05) is 12.3 Å². The van der Waals surface area contributed by atoms with E-state index in [1.54, 1.807) is 18.5 Å². The Hall–Kier alpha value is -2.15. The van der Waals surface area contributed by atoms with Gasteiger partial charge in [-0.05, 0) is 43.6 Å². The monoisotopic (exact) mass is 337 g/mol. The maximum absolute atomic E-state index is 12.5. The number of hydrogen-bond donors (Lipinski definition) is 1. The van der Waals surface area contributed by atoms with Crippen LogP contribution in [-0.2, 0) is 6.54 Å². The molecule has 1 aliphatic heterocycles. The fourth-order valence-electron chi connectivity index (χ4n) is 3.16. The summed E-state index contributed by atoms with van der Waals surface area (Å²) in [6.07, 6.45) is 5.71. The quantitative estimate of drug-likeness (QED) is 0.878. The molecule has 1 aliphatic rings. The molecular weight excluding hydrogens is 316 g/mol. The molecule has 130 valence electrons. The largest absolute Gasteiger partial charge is 0.493 e. The molecule has 3 rings (SSSR count). The van der Waals surface area contributed by atoms with Crippen molar-refractivity contribution in [1.82, 2.24) is 14.9 Å². The molecule has 0 amide bonds. The first-order valence-electron chi connectivity index (χ1n) is 7.98. The van der Waals surface area contributed by atoms with Crippen molar-refractivity contribution < 1.29 is 18.3 Å². The number of H-pyrrole nitrogens is 1. The molecule has 0 atom stereocenters. The Morgan fingerprint density at radius 2 is 2.08 bits per heavy atom. The molecule has 2 heterocycles. The highest BCUT2D eigenvalue weighted by Gasteiger charge is 2.22. The summed E-state index contributed by atoms with van der Waals surface area (Å²) in [7, 11) is 1.44. The average Bonchev–Trinajstić information content (AvgIpc) is 3.10. The second kappa shape index (κ2) is 7.61. The van der Waals surface area contributed by atoms with Gasteiger partial charge in [-0.1, -0.05) is 6.07 Å². The summed E-state index contributed by atoms with van der Waals surface area (Å²) in [6.45, 7) is -0.236. The molecule has 2 aromatic rings. The molecule has 1 fully saturated rings. The van der Waals surface area contributed by atoms with Gasteiger partial charge in [0.25, 0.3) is 0 Å². The van der Waals surface area contributed by atoms with E-state index in [4.69, 9.17) is 4.74 Å². The van der Waals surface area contributed by atoms with Crippen LogP contribution >= 0.6 is 0 Å². The minimum absolute atomic E-state index is 0.0809. The molecule has 24 heavy (non-hydrogen) atoms. The summed E-state index contributed by atoms with van der Waals surface area (Å²) < 4.78 is 34.6. The number of halogens is 2. The van der Waals surface area contributed by atoms with Gasteiger partial charge in [0.1, 0.15) is 0 Å². The fourth-order valence-corrected chi connectivity index (χ4v) is 3.16. The Morgan fingerprint density at radius 3 is 2.71 bits per heavy atom. The lowest BCUT2D eigenvalue weighted by Crippen LogP contribution is -2.32. The van der Waals surface area contributed by atoms with E-state index in [0.717, 1.165) is 31.5 Å². The smallest absolute Gasteiger partial charge is 0.387 e. The zero-order valence-corrected chi connectivity index (χ0v) is 13.5. The van der Waals surface area contributed by atoms with Gasteiger partial charge in [0.2, 0.25) is 0 Å². The molecule has 0 radical (unpaired) electrons. The first kappa shape index (κ1) is 16.7. The van der Waals surface area contributed by atoms with Crippen molar-refractivity contribution in [2.75, 3.05) is 20.2 Å². The highest BCUT2D eigenvalue weighted by atomic mass is 19.3. The lowest BCUT2D eigenvalue weighted by molar-refractivity contribution is -0.0512. The normalized spacial score (nSPS) is 16.5. The summed E-state index contributed by atoms with van der Waals surface area (Å²) in [4.78, 5) is 9.58. The van der Waals surface area contributed by atoms with Gasteiger partial charge >= 0.3 is 6.61 Å². The summed E-state index contributed by atoms with van der Waals surface area (Å²) >= 11 is 0. The zero-order valence-electron chi connectivity index (χ0n) is 13.5. The minimum Gasteiger partial charge on any atom is -0.493 e. The lowest BCUT2D eigenvalue weighted by Gasteiger charge is -2.31. The predicted molar refractivity (Wildman–Crippen MR) is 85.5 cm³/mol. The van der Waals surface area contributed by atoms with Crippen LogP contribution in [0, 0.1) is 0 Å². The molecular formula is C17H21F2N3O2. The number of nitrogens with zero attached hydrogens (tertiary/aromatic N) is 2. The number of imidazole rings is 1. The number of aromatic amines is 1. The van der Waals surface area contributed by atoms with E-state index in [0.29, 0.717) is 18.2 Å². The second-order valence-electron chi connectivity index (χ2n) is 5.92. The molecule has 0 spiro atoms. The number of aromatic nitrogens is 2. The van der Waals surface area contributed by atoms with Crippen LogP contribution in [-0.4, -0.2) is 41.7 Å². The average molecular weight is 337 g/mol. The topological polar surface area (TPSA) is 50.4 Å². The third kappa shape index (κ3) is 4.03. The number of hydrogen-bond acceptors (Lipinski definition) is 4. The molecule has 1 aromatic heterocycles. The van der Waals surface area contributed by atoms with Crippen LogP contribution in [0.1, 0.15) is 30.0 Å². The molecule has 1 aromatic carbocycles. The van der Waals surface area contributed by atoms with Crippen LogP contribution in [0.3, 0.4) is 0 Å². The minimum atomic E-state index is -2.86. The highest BCUT2D eigenvalue weighted by molar-refractivity contribution is 5.43. The molecule has 0 unspecified atom stereocenters. The molecule has 1 N–H and O–H groups in total. The Bertz CT molecular complexity index is 641. The first-order valence-corrected chi connectivity index (χ1v) is 7.98. The SMILES string of the molecule is COc1ccc(CN2CCC(c3cnc[nH]3)CC2)cc1OC(F)F. The number of alkyl halides is 2. The zero-order chi connectivity index (χ0) is 16.9. The summed E-state index contributed by atoms with van der Waals surface area (Å²) in [5.74, 6) is 0.909. The van der Waals surface area contributed by atoms with Crippen LogP contribution in [0.2, 0.25) is 0 Å². The van der Waals surface area contributed by atoms with Gasteiger partial charge in [0.05, 0.1) is 13.4 Å². The number of nitrogens with one attached hydrogen (secondary N) is 1. The van der Waals surface area contributed by atoms with Crippen molar-refractivity contribution in [3.05, 3.63) is 42.0 Å². The van der Waals surface area contributed by atoms with Crippen LogP contribution in [0.5, 0.6) is 11.5 Å². The van der Waals surface area contributed by atoms with Gasteiger partial charge in [0, 0.05) is 24.4 Å². The van der Waals surface area contributed by atoms with Gasteiger partial charge in [-0.15, -0.1) is 0 Å². The standard InChI is InChI=1S/C17H21F2N3O2/c1-23-15-3-2-12(8-16(15)24-17(18)19)10-22-6-4-13(5-7-22)14-9-20-11-21-14/h2-3,8-9,11,13,17H,4-7,10H2,1H3,(H,20,21). The van der Waals surface area contributed by atoms with Crippen molar-refractivity contribution in [3.8, 4) is 11.5 Å². The van der Waals surface area contributed by atoms with Gasteiger partial charge < -0.3 is 14.5 Å². The molecule has 0 saturated carbocycles. The number of piperidine rings is 1. The Kier molecular flexibility index (Phi) is 5.30. The number of rotatable bonds is 6. The van der Waals surface area contributed by atoms with Crippen molar-refractivity contribution >= 4 is 0 Å². The van der Waals surface area contributed by atoms with Crippen molar-refractivity contribution in [1.29, 1.82) is 0 Å². The first-order chi connectivity index (χ1) is 11.7. The van der Waals surface area contributed by atoms with Gasteiger partial charge in [-0.3, -0.25) is 4.90 Å². The molecule has 1 saturated heterocycles. The molecule has 0 aliphatic carbocycles. The van der Waals surface area contributed by atoms with Crippen molar-refractivity contribution in [2.45, 2.75) is 31.9 Å². The Morgan fingerprint density at radius 1 is 1.29 bits per heavy atom. The van der Waals surface area contributed by atoms with Crippen LogP contribution in [0.15, 0.2) is 30.7 Å². The van der Waals surface area contributed by atoms with Gasteiger partial charge in [0.15, 0.2) is 11.5 Å². The summed E-state index contributed by atoms with van der Waals surface area (Å²) in [5, 5.41) is 0. The van der Waals surface area contributed by atoms with Crippen molar-refractivity contribution in [3.63, 3.8) is 0 Å². The highest BCUT2D eigenvalue weighted by Crippen LogP contribution is 2.31. The predicted octanol–water partition coefficient (Wildman–Crippen LogP) is 3.40. The van der Waals surface area contributed by atoms with E-state index in [1.165, 1.54) is 12.8 Å². The van der Waals surface area contributed by atoms with Gasteiger partial charge in [-0.2, -0.15) is 8.78 Å². The summed E-state index contributed by atoms with van der Waals surface area (Å²) in [6, 6.07) is 5.19. The Labute approximate surface area is 139 Å². The van der Waals surface area contributed by atoms with Crippen molar-refractivity contribution in [2.24, 2.45) is 0 Å². The number of likely N-dealkylation sites (tertiary alicyclic amines) is 1. The van der Waals surface area contributed by atoms with Crippen LogP contribution < -0.4 is 9.47 Å². The van der Waals surface area contributed by atoms with Crippen LogP contribution in [0.25, 0.3) is 0 Å². The summed E-state index contributed by atoms with van der Waals surface area (Å²) in [5.41, 5.74) is 2.12. The van der Waals surface area contributed by atoms with E-state index >= 15 is 0 Å². The fraction of sp³-hybridized carbons (Fsp3) is 0.471. The maximum Gasteiger partial charge on any atom is 0.387 e. The van der Waals surface area contributed by atoms with E-state index < -0.39 is 6.61 Å². The van der Waals surface area contributed by atoms with E-state index in [-0.39, 0.29) is 5.75 Å². The van der Waals surface area contributed by atoms with E-state index in [2.05, 4.69) is 19.6 Å². The third-order valence-electron chi connectivity index (χ3n) is 4.40. The second-order valence-corrected chi connectivity index (χ2v) is 5.92. The molecule has 5 nitrogen and oxygen atoms in total. The van der Waals surface area contributed by atoms with Crippen LogP contribution in [0.4, 0.5) is 8.78 Å². The lowest BCUT2D eigenvalue weighted by atomic mass is 9.94. The molecule has 0 bridgehead atoms. The number of methoxy groups -OCH3 is 1. The number of benzene rings is 1. The third-order valence-corrected chi connectivity index (χ3v) is 4.40. The number of ether oxygens (including phenoxy) is 2. The van der Waals surface area contributed by atoms with E-state index in [9.17, 15) is 8.78 Å². The Balaban J connectivity index is 1.60. The molecule has 7 heteroatoms. The van der Waals surface area contributed by atoms with Gasteiger partial charge in [-0.25, -0.2) is 4.98 Å².